The lowest BCUT2D eigenvalue weighted by Crippen LogP contribution is -2.54. The number of hydrogen-bond acceptors (Lipinski definition) is 1. The van der Waals surface area contributed by atoms with Crippen molar-refractivity contribution in [1.82, 2.24) is 0 Å². The van der Waals surface area contributed by atoms with Crippen molar-refractivity contribution in [3.63, 3.8) is 0 Å². The van der Waals surface area contributed by atoms with Gasteiger partial charge in [0.2, 0.25) is 0 Å². The van der Waals surface area contributed by atoms with Gasteiger partial charge in [-0.05, 0) is 86.9 Å². The number of nitrogens with zero attached hydrogens (tertiary/aromatic N) is 1. The first-order valence-corrected chi connectivity index (χ1v) is 8.24. The third kappa shape index (κ3) is 1.80. The van der Waals surface area contributed by atoms with E-state index in [4.69, 9.17) is 11.5 Å². The van der Waals surface area contributed by atoms with E-state index in [0.717, 1.165) is 23.7 Å². The van der Waals surface area contributed by atoms with Crippen LogP contribution in [0, 0.1) is 29.1 Å². The molecule has 0 aromatic heterocycles. The average Bonchev–Trinajstić information content (AvgIpc) is 2.36. The minimum Gasteiger partial charge on any atom is -0.370 e. The first kappa shape index (κ1) is 12.0. The number of hydrogen-bond donors (Lipinski definition) is 2. The molecule has 0 atom stereocenters. The lowest BCUT2D eigenvalue weighted by molar-refractivity contribution is -0.128. The average molecular weight is 261 g/mol. The molecule has 0 aromatic carbocycles. The summed E-state index contributed by atoms with van der Waals surface area (Å²) in [6.07, 6.45) is 13.0. The van der Waals surface area contributed by atoms with Crippen molar-refractivity contribution in [1.29, 1.82) is 0 Å². The topological polar surface area (TPSA) is 64.4 Å². The zero-order valence-corrected chi connectivity index (χ0v) is 11.9. The van der Waals surface area contributed by atoms with Crippen LogP contribution in [0.25, 0.3) is 0 Å². The highest BCUT2D eigenvalue weighted by atomic mass is 15.0. The third-order valence-corrected chi connectivity index (χ3v) is 6.98. The first-order chi connectivity index (χ1) is 9.15. The van der Waals surface area contributed by atoms with Crippen LogP contribution in [0.2, 0.25) is 0 Å². The number of rotatable bonds is 1. The normalized spacial score (nSPS) is 51.5. The largest absolute Gasteiger partial charge is 0.370 e. The lowest BCUT2D eigenvalue weighted by atomic mass is 9.42. The maximum absolute atomic E-state index is 5.54. The van der Waals surface area contributed by atoms with E-state index < -0.39 is 0 Å². The Bertz CT molecular complexity index is 359. The van der Waals surface area contributed by atoms with Gasteiger partial charge in [0.05, 0.1) is 6.04 Å². The van der Waals surface area contributed by atoms with E-state index in [1.807, 2.05) is 0 Å². The Balaban J connectivity index is 1.52. The summed E-state index contributed by atoms with van der Waals surface area (Å²) in [6.45, 7) is 0. The summed E-state index contributed by atoms with van der Waals surface area (Å²) in [5.74, 6) is 4.55. The van der Waals surface area contributed by atoms with Gasteiger partial charge in [-0.25, -0.2) is 0 Å². The second-order valence-corrected chi connectivity index (χ2v) is 7.82. The summed E-state index contributed by atoms with van der Waals surface area (Å²) in [5, 5.41) is 0. The van der Waals surface area contributed by atoms with Gasteiger partial charge in [0.1, 0.15) is 0 Å². The standard InChI is InChI=1S/C16H27N3/c17-15(18)19-14-1-3-16(4-2-14)12-6-10-5-11(8-12)9-13(16)7-10/h10-14H,1-9H2,(H4,17,18,19). The summed E-state index contributed by atoms with van der Waals surface area (Å²) in [5.41, 5.74) is 11.8. The van der Waals surface area contributed by atoms with E-state index in [-0.39, 0.29) is 5.96 Å². The van der Waals surface area contributed by atoms with E-state index in [2.05, 4.69) is 4.99 Å². The zero-order chi connectivity index (χ0) is 13.0. The van der Waals surface area contributed by atoms with E-state index >= 15 is 0 Å². The number of aliphatic imine (C=N–C) groups is 1. The van der Waals surface area contributed by atoms with Crippen LogP contribution in [0.15, 0.2) is 4.99 Å². The van der Waals surface area contributed by atoms with Gasteiger partial charge in [0, 0.05) is 0 Å². The summed E-state index contributed by atoms with van der Waals surface area (Å²) in [6, 6.07) is 0.410. The first-order valence-electron chi connectivity index (χ1n) is 8.24. The summed E-state index contributed by atoms with van der Waals surface area (Å²) in [7, 11) is 0. The number of guanidine groups is 1. The Morgan fingerprint density at radius 3 is 1.84 bits per heavy atom. The second-order valence-electron chi connectivity index (χ2n) is 7.82. The molecule has 3 nitrogen and oxygen atoms in total. The van der Waals surface area contributed by atoms with Crippen LogP contribution in [-0.2, 0) is 0 Å². The highest BCUT2D eigenvalue weighted by molar-refractivity contribution is 5.75. The van der Waals surface area contributed by atoms with Crippen molar-refractivity contribution in [3.8, 4) is 0 Å². The van der Waals surface area contributed by atoms with Gasteiger partial charge in [-0.1, -0.05) is 0 Å². The van der Waals surface area contributed by atoms with Gasteiger partial charge >= 0.3 is 0 Å². The van der Waals surface area contributed by atoms with Crippen LogP contribution >= 0.6 is 0 Å². The molecule has 5 aliphatic carbocycles. The predicted molar refractivity (Wildman–Crippen MR) is 77.5 cm³/mol. The Kier molecular flexibility index (Phi) is 2.62. The van der Waals surface area contributed by atoms with E-state index in [1.54, 1.807) is 32.1 Å². The molecule has 1 spiro atoms. The van der Waals surface area contributed by atoms with Gasteiger partial charge in [-0.3, -0.25) is 4.99 Å². The third-order valence-electron chi connectivity index (χ3n) is 6.98. The monoisotopic (exact) mass is 261 g/mol. The van der Waals surface area contributed by atoms with Crippen molar-refractivity contribution >= 4 is 5.96 Å². The lowest BCUT2D eigenvalue weighted by Gasteiger charge is -2.63. The van der Waals surface area contributed by atoms with E-state index in [9.17, 15) is 0 Å². The molecule has 5 saturated carbocycles. The molecule has 0 heterocycles. The zero-order valence-electron chi connectivity index (χ0n) is 11.9. The van der Waals surface area contributed by atoms with Gasteiger partial charge in [0.15, 0.2) is 5.96 Å². The Morgan fingerprint density at radius 1 is 0.842 bits per heavy atom. The summed E-state index contributed by atoms with van der Waals surface area (Å²) < 4.78 is 0. The molecule has 0 unspecified atom stereocenters. The second kappa shape index (κ2) is 4.13. The van der Waals surface area contributed by atoms with E-state index in [0.29, 0.717) is 11.5 Å². The molecule has 5 aliphatic rings. The minimum atomic E-state index is 0.283. The quantitative estimate of drug-likeness (QED) is 0.563. The molecule has 5 fully saturated rings. The fourth-order valence-electron chi connectivity index (χ4n) is 6.42. The molecule has 0 saturated heterocycles. The van der Waals surface area contributed by atoms with Gasteiger partial charge < -0.3 is 11.5 Å². The van der Waals surface area contributed by atoms with Gasteiger partial charge in [-0.2, -0.15) is 0 Å². The fourth-order valence-corrected chi connectivity index (χ4v) is 6.42. The summed E-state index contributed by atoms with van der Waals surface area (Å²) in [4.78, 5) is 4.40. The van der Waals surface area contributed by atoms with Crippen molar-refractivity contribution in [3.05, 3.63) is 0 Å². The van der Waals surface area contributed by atoms with Crippen LogP contribution in [0.4, 0.5) is 0 Å². The molecular weight excluding hydrogens is 234 g/mol. The molecule has 4 N–H and O–H groups in total. The molecule has 3 heteroatoms. The van der Waals surface area contributed by atoms with Gasteiger partial charge in [-0.15, -0.1) is 0 Å². The molecular formula is C16H27N3. The highest BCUT2D eigenvalue weighted by Crippen LogP contribution is 2.66. The van der Waals surface area contributed by atoms with Crippen molar-refractivity contribution < 1.29 is 0 Å². The Labute approximate surface area is 116 Å². The maximum Gasteiger partial charge on any atom is 0.186 e. The fraction of sp³-hybridized carbons (Fsp3) is 0.938. The molecule has 0 aromatic rings. The van der Waals surface area contributed by atoms with Crippen molar-refractivity contribution in [2.45, 2.75) is 63.8 Å². The van der Waals surface area contributed by atoms with E-state index in [1.165, 1.54) is 25.7 Å². The van der Waals surface area contributed by atoms with Crippen LogP contribution in [0.3, 0.4) is 0 Å². The van der Waals surface area contributed by atoms with Crippen molar-refractivity contribution in [2.24, 2.45) is 45.5 Å². The van der Waals surface area contributed by atoms with Gasteiger partial charge in [0.25, 0.3) is 0 Å². The predicted octanol–water partition coefficient (Wildman–Crippen LogP) is 2.64. The Hall–Kier alpha value is -0.730. The molecule has 0 amide bonds. The Morgan fingerprint density at radius 2 is 1.37 bits per heavy atom. The highest BCUT2D eigenvalue weighted by Gasteiger charge is 2.57. The molecule has 106 valence electrons. The SMILES string of the molecule is NC(N)=NC1CCC2(CC1)C1CC3CC(C1)CC2C3. The summed E-state index contributed by atoms with van der Waals surface area (Å²) >= 11 is 0. The molecule has 5 rings (SSSR count). The molecule has 0 radical (unpaired) electrons. The van der Waals surface area contributed by atoms with Crippen LogP contribution < -0.4 is 11.5 Å². The maximum atomic E-state index is 5.54. The molecule has 19 heavy (non-hydrogen) atoms. The molecule has 4 bridgehead atoms. The molecule has 0 aliphatic heterocycles. The minimum absolute atomic E-state index is 0.283. The van der Waals surface area contributed by atoms with Crippen LogP contribution in [-0.4, -0.2) is 12.0 Å². The number of nitrogens with two attached hydrogens (primary N) is 2. The smallest absolute Gasteiger partial charge is 0.186 e. The van der Waals surface area contributed by atoms with Crippen LogP contribution in [0.1, 0.15) is 57.8 Å². The van der Waals surface area contributed by atoms with Crippen molar-refractivity contribution in [2.75, 3.05) is 0 Å². The van der Waals surface area contributed by atoms with Crippen LogP contribution in [0.5, 0.6) is 0 Å².